The Morgan fingerprint density at radius 2 is 1.84 bits per heavy atom. The Bertz CT molecular complexity index is 1210. The first-order valence-electron chi connectivity index (χ1n) is 10.4. The van der Waals surface area contributed by atoms with Crippen molar-refractivity contribution in [1.82, 2.24) is 15.1 Å². The van der Waals surface area contributed by atoms with Crippen LogP contribution in [-0.4, -0.2) is 56.4 Å². The Balaban J connectivity index is 1.46. The van der Waals surface area contributed by atoms with Gasteiger partial charge in [-0.05, 0) is 48.5 Å². The third kappa shape index (κ3) is 5.15. The highest BCUT2D eigenvalue weighted by atomic mass is 32.2. The van der Waals surface area contributed by atoms with E-state index in [0.717, 1.165) is 23.2 Å². The SMILES string of the molecule is CN(C)Cc1ccc(-c2ccccc2CNC(=O)C2=CN3CCS(=O)(=O)N=C3C=C2)cc1. The number of amidine groups is 1. The first-order valence-corrected chi connectivity index (χ1v) is 12.0. The maximum atomic E-state index is 12.7. The van der Waals surface area contributed by atoms with Gasteiger partial charge in [0.15, 0.2) is 0 Å². The summed E-state index contributed by atoms with van der Waals surface area (Å²) in [4.78, 5) is 16.6. The van der Waals surface area contributed by atoms with E-state index in [4.69, 9.17) is 0 Å². The zero-order chi connectivity index (χ0) is 22.7. The van der Waals surface area contributed by atoms with Gasteiger partial charge in [0.25, 0.3) is 15.9 Å². The second-order valence-corrected chi connectivity index (χ2v) is 9.88. The molecule has 4 rings (SSSR count). The van der Waals surface area contributed by atoms with Crippen LogP contribution in [0.15, 0.2) is 76.9 Å². The Morgan fingerprint density at radius 1 is 1.09 bits per heavy atom. The third-order valence-corrected chi connectivity index (χ3v) is 6.47. The van der Waals surface area contributed by atoms with Gasteiger partial charge in [-0.25, -0.2) is 8.42 Å². The Morgan fingerprint density at radius 3 is 2.59 bits per heavy atom. The molecule has 0 fully saturated rings. The minimum absolute atomic E-state index is 0.0591. The van der Waals surface area contributed by atoms with Crippen LogP contribution in [0.2, 0.25) is 0 Å². The van der Waals surface area contributed by atoms with E-state index < -0.39 is 10.0 Å². The minimum Gasteiger partial charge on any atom is -0.348 e. The number of carbonyl (C=O) groups excluding carboxylic acids is 1. The summed E-state index contributed by atoms with van der Waals surface area (Å²) in [7, 11) is 0.676. The molecular weight excluding hydrogens is 424 g/mol. The number of amides is 1. The molecule has 0 atom stereocenters. The van der Waals surface area contributed by atoms with Crippen molar-refractivity contribution in [2.45, 2.75) is 13.1 Å². The third-order valence-electron chi connectivity index (χ3n) is 5.31. The minimum atomic E-state index is -3.41. The molecule has 0 radical (unpaired) electrons. The van der Waals surface area contributed by atoms with Crippen LogP contribution in [0.3, 0.4) is 0 Å². The maximum Gasteiger partial charge on any atom is 0.256 e. The zero-order valence-corrected chi connectivity index (χ0v) is 19.0. The molecule has 0 spiro atoms. The number of sulfonamides is 1. The van der Waals surface area contributed by atoms with Gasteiger partial charge >= 0.3 is 0 Å². The molecule has 166 valence electrons. The number of benzene rings is 2. The Hall–Kier alpha value is -3.23. The summed E-state index contributed by atoms with van der Waals surface area (Å²) >= 11 is 0. The maximum absolute atomic E-state index is 12.7. The van der Waals surface area contributed by atoms with Gasteiger partial charge in [-0.2, -0.15) is 0 Å². The zero-order valence-electron chi connectivity index (χ0n) is 18.2. The van der Waals surface area contributed by atoms with Gasteiger partial charge in [-0.15, -0.1) is 4.40 Å². The fourth-order valence-electron chi connectivity index (χ4n) is 3.72. The summed E-state index contributed by atoms with van der Waals surface area (Å²) in [5.41, 5.74) is 4.91. The van der Waals surface area contributed by atoms with Gasteiger partial charge in [0, 0.05) is 25.8 Å². The summed E-state index contributed by atoms with van der Waals surface area (Å²) in [5.74, 6) is 0.0666. The number of nitrogens with one attached hydrogen (secondary N) is 1. The molecule has 1 amide bonds. The van der Waals surface area contributed by atoms with Gasteiger partial charge in [0.05, 0.1) is 11.3 Å². The first kappa shape index (κ1) is 22.0. The summed E-state index contributed by atoms with van der Waals surface area (Å²) < 4.78 is 27.0. The lowest BCUT2D eigenvalue weighted by Crippen LogP contribution is -2.38. The molecule has 7 nitrogen and oxygen atoms in total. The lowest BCUT2D eigenvalue weighted by Gasteiger charge is -2.27. The molecule has 0 unspecified atom stereocenters. The number of hydrogen-bond acceptors (Lipinski definition) is 5. The van der Waals surface area contributed by atoms with Crippen molar-refractivity contribution < 1.29 is 13.2 Å². The quantitative estimate of drug-likeness (QED) is 0.731. The number of hydrogen-bond donors (Lipinski definition) is 1. The monoisotopic (exact) mass is 450 g/mol. The van der Waals surface area contributed by atoms with Crippen LogP contribution in [-0.2, 0) is 27.9 Å². The van der Waals surface area contributed by atoms with Crippen LogP contribution < -0.4 is 5.32 Å². The summed E-state index contributed by atoms with van der Waals surface area (Å²) in [6.07, 6.45) is 4.81. The second kappa shape index (κ2) is 9.10. The molecule has 2 aromatic carbocycles. The molecule has 2 aliphatic rings. The molecule has 1 N–H and O–H groups in total. The molecule has 2 aliphatic heterocycles. The molecule has 2 aromatic rings. The fraction of sp³-hybridized carbons (Fsp3) is 0.250. The van der Waals surface area contributed by atoms with Crippen molar-refractivity contribution >= 4 is 21.8 Å². The van der Waals surface area contributed by atoms with Gasteiger partial charge in [-0.3, -0.25) is 4.79 Å². The smallest absolute Gasteiger partial charge is 0.256 e. The molecular formula is C24H26N4O3S. The predicted octanol–water partition coefficient (Wildman–Crippen LogP) is 2.53. The summed E-state index contributed by atoms with van der Waals surface area (Å²) in [5, 5.41) is 2.98. The Kier molecular flexibility index (Phi) is 6.25. The molecule has 8 heteroatoms. The number of fused-ring (bicyclic) bond motifs is 1. The van der Waals surface area contributed by atoms with E-state index in [1.807, 2.05) is 32.3 Å². The first-order chi connectivity index (χ1) is 15.3. The number of nitrogens with zero attached hydrogens (tertiary/aromatic N) is 3. The number of carbonyl (C=O) groups is 1. The van der Waals surface area contributed by atoms with Crippen LogP contribution >= 0.6 is 0 Å². The van der Waals surface area contributed by atoms with Crippen molar-refractivity contribution in [2.75, 3.05) is 26.4 Å². The van der Waals surface area contributed by atoms with Crippen LogP contribution in [0.4, 0.5) is 0 Å². The molecule has 32 heavy (non-hydrogen) atoms. The Labute approximate surface area is 188 Å². The predicted molar refractivity (Wildman–Crippen MR) is 126 cm³/mol. The van der Waals surface area contributed by atoms with E-state index in [1.165, 1.54) is 5.56 Å². The fourth-order valence-corrected chi connectivity index (χ4v) is 4.69. The molecule has 2 heterocycles. The lowest BCUT2D eigenvalue weighted by atomic mass is 9.98. The van der Waals surface area contributed by atoms with E-state index in [-0.39, 0.29) is 18.2 Å². The second-order valence-electron chi connectivity index (χ2n) is 8.12. The molecule has 0 aromatic heterocycles. The van der Waals surface area contributed by atoms with Crippen LogP contribution in [0.1, 0.15) is 11.1 Å². The summed E-state index contributed by atoms with van der Waals surface area (Å²) in [6.45, 7) is 1.56. The van der Waals surface area contributed by atoms with Gasteiger partial charge in [-0.1, -0.05) is 48.5 Å². The topological polar surface area (TPSA) is 82.1 Å². The summed E-state index contributed by atoms with van der Waals surface area (Å²) in [6, 6.07) is 16.5. The molecule has 0 aliphatic carbocycles. The van der Waals surface area contributed by atoms with E-state index in [1.54, 1.807) is 23.3 Å². The highest BCUT2D eigenvalue weighted by Gasteiger charge is 2.25. The average Bonchev–Trinajstić information content (AvgIpc) is 2.77. The largest absolute Gasteiger partial charge is 0.348 e. The van der Waals surface area contributed by atoms with Crippen molar-refractivity contribution in [1.29, 1.82) is 0 Å². The van der Waals surface area contributed by atoms with Crippen molar-refractivity contribution in [2.24, 2.45) is 4.40 Å². The van der Waals surface area contributed by atoms with Gasteiger partial charge in [0.1, 0.15) is 5.84 Å². The standard InChI is InChI=1S/C24H26N4O3S/c1-27(2)16-18-7-9-19(10-8-18)22-6-4-3-5-20(22)15-25-24(29)21-11-12-23-26-32(30,31)14-13-28(23)17-21/h3-12,17H,13-16H2,1-2H3,(H,25,29). The van der Waals surface area contributed by atoms with E-state index >= 15 is 0 Å². The van der Waals surface area contributed by atoms with Crippen molar-refractivity contribution in [3.8, 4) is 11.1 Å². The van der Waals surface area contributed by atoms with E-state index in [9.17, 15) is 13.2 Å². The van der Waals surface area contributed by atoms with Crippen molar-refractivity contribution in [3.05, 3.63) is 83.6 Å². The van der Waals surface area contributed by atoms with E-state index in [2.05, 4.69) is 44.9 Å². The highest BCUT2D eigenvalue weighted by molar-refractivity contribution is 7.90. The highest BCUT2D eigenvalue weighted by Crippen LogP contribution is 2.24. The van der Waals surface area contributed by atoms with Crippen LogP contribution in [0.25, 0.3) is 11.1 Å². The molecule has 0 saturated heterocycles. The van der Waals surface area contributed by atoms with Crippen molar-refractivity contribution in [3.63, 3.8) is 0 Å². The van der Waals surface area contributed by atoms with E-state index in [0.29, 0.717) is 18.0 Å². The lowest BCUT2D eigenvalue weighted by molar-refractivity contribution is -0.117. The van der Waals surface area contributed by atoms with Gasteiger partial charge < -0.3 is 15.1 Å². The average molecular weight is 451 g/mol. The van der Waals surface area contributed by atoms with Crippen LogP contribution in [0.5, 0.6) is 0 Å². The molecule has 0 saturated carbocycles. The molecule has 0 bridgehead atoms. The van der Waals surface area contributed by atoms with Gasteiger partial charge in [0.2, 0.25) is 0 Å². The van der Waals surface area contributed by atoms with Crippen LogP contribution in [0, 0.1) is 0 Å². The number of rotatable bonds is 6. The normalized spacial score (nSPS) is 16.9.